The van der Waals surface area contributed by atoms with Crippen LogP contribution in [-0.2, 0) is 13.6 Å². The maximum absolute atomic E-state index is 12.4. The summed E-state index contributed by atoms with van der Waals surface area (Å²) in [6, 6.07) is 7.22. The molecule has 1 aliphatic heterocycles. The molecular weight excluding hydrogens is 308 g/mol. The fraction of sp³-hybridized carbons (Fsp3) is 0.154. The molecule has 2 heterocycles. The summed E-state index contributed by atoms with van der Waals surface area (Å²) in [5, 5.41) is 13.0. The number of aryl methyl sites for hydroxylation is 1. The predicted octanol–water partition coefficient (Wildman–Crippen LogP) is 2.21. The maximum Gasteiger partial charge on any atom is 0.260 e. The van der Waals surface area contributed by atoms with Crippen LogP contribution in [-0.4, -0.2) is 15.7 Å². The van der Waals surface area contributed by atoms with Crippen molar-refractivity contribution < 1.29 is 4.79 Å². The van der Waals surface area contributed by atoms with Crippen LogP contribution >= 0.6 is 15.9 Å². The molecule has 1 aromatic carbocycles. The van der Waals surface area contributed by atoms with Gasteiger partial charge in [0.05, 0.1) is 28.8 Å². The number of nitriles is 1. The highest BCUT2D eigenvalue weighted by Gasteiger charge is 2.31. The molecule has 0 spiro atoms. The van der Waals surface area contributed by atoms with Gasteiger partial charge in [0.15, 0.2) is 0 Å². The summed E-state index contributed by atoms with van der Waals surface area (Å²) in [5.41, 5.74) is 2.08. The predicted molar refractivity (Wildman–Crippen MR) is 72.6 cm³/mol. The standard InChI is InChI=1S/C13H9BrN4O/c1-17-12(11(14)6-16-17)18-7-9-4-8(5-15)2-3-10(9)13(18)19/h2-4,6H,7H2,1H3. The van der Waals surface area contributed by atoms with Crippen molar-refractivity contribution in [2.24, 2.45) is 7.05 Å². The minimum Gasteiger partial charge on any atom is -0.287 e. The first-order chi connectivity index (χ1) is 9.11. The summed E-state index contributed by atoms with van der Waals surface area (Å²) in [6.45, 7) is 0.460. The van der Waals surface area contributed by atoms with Gasteiger partial charge >= 0.3 is 0 Å². The van der Waals surface area contributed by atoms with E-state index < -0.39 is 0 Å². The number of nitrogens with zero attached hydrogens (tertiary/aromatic N) is 4. The van der Waals surface area contributed by atoms with Crippen LogP contribution in [0.25, 0.3) is 0 Å². The molecule has 1 amide bonds. The van der Waals surface area contributed by atoms with Crippen LogP contribution in [0, 0.1) is 11.3 Å². The van der Waals surface area contributed by atoms with E-state index in [1.807, 2.05) is 0 Å². The number of carbonyl (C=O) groups is 1. The summed E-state index contributed by atoms with van der Waals surface area (Å²) in [7, 11) is 1.79. The highest BCUT2D eigenvalue weighted by Crippen LogP contribution is 2.33. The minimum absolute atomic E-state index is 0.0659. The SMILES string of the molecule is Cn1ncc(Br)c1N1Cc2cc(C#N)ccc2C1=O. The second-order valence-electron chi connectivity index (χ2n) is 4.31. The van der Waals surface area contributed by atoms with E-state index in [-0.39, 0.29) is 5.91 Å². The molecule has 3 rings (SSSR count). The van der Waals surface area contributed by atoms with Gasteiger partial charge in [0.2, 0.25) is 0 Å². The zero-order chi connectivity index (χ0) is 13.6. The lowest BCUT2D eigenvalue weighted by Gasteiger charge is -2.16. The Morgan fingerprint density at radius 3 is 2.89 bits per heavy atom. The second-order valence-corrected chi connectivity index (χ2v) is 5.17. The quantitative estimate of drug-likeness (QED) is 0.810. The molecule has 94 valence electrons. The molecule has 0 saturated heterocycles. The van der Waals surface area contributed by atoms with Crippen molar-refractivity contribution in [1.29, 1.82) is 5.26 Å². The first-order valence-corrected chi connectivity index (χ1v) is 6.43. The average molecular weight is 317 g/mol. The third kappa shape index (κ3) is 1.74. The smallest absolute Gasteiger partial charge is 0.260 e. The monoisotopic (exact) mass is 316 g/mol. The van der Waals surface area contributed by atoms with Gasteiger partial charge in [-0.2, -0.15) is 10.4 Å². The molecule has 5 nitrogen and oxygen atoms in total. The lowest BCUT2D eigenvalue weighted by atomic mass is 10.1. The van der Waals surface area contributed by atoms with Gasteiger partial charge in [-0.1, -0.05) is 0 Å². The summed E-state index contributed by atoms with van der Waals surface area (Å²) in [6.07, 6.45) is 1.66. The Morgan fingerprint density at radius 2 is 2.26 bits per heavy atom. The molecule has 6 heteroatoms. The van der Waals surface area contributed by atoms with Gasteiger partial charge in [-0.15, -0.1) is 0 Å². The van der Waals surface area contributed by atoms with Crippen molar-refractivity contribution in [3.63, 3.8) is 0 Å². The molecular formula is C13H9BrN4O. The summed E-state index contributed by atoms with van der Waals surface area (Å²) < 4.78 is 2.43. The highest BCUT2D eigenvalue weighted by molar-refractivity contribution is 9.10. The van der Waals surface area contributed by atoms with Crippen molar-refractivity contribution in [3.05, 3.63) is 45.6 Å². The molecule has 2 aromatic rings. The van der Waals surface area contributed by atoms with Crippen LogP contribution in [0.5, 0.6) is 0 Å². The fourth-order valence-electron chi connectivity index (χ4n) is 2.27. The Hall–Kier alpha value is -2.13. The Labute approximate surface area is 118 Å². The second kappa shape index (κ2) is 4.21. The molecule has 0 N–H and O–H groups in total. The molecule has 1 aliphatic rings. The van der Waals surface area contributed by atoms with E-state index in [1.165, 1.54) is 0 Å². The van der Waals surface area contributed by atoms with E-state index in [2.05, 4.69) is 27.1 Å². The number of anilines is 1. The topological polar surface area (TPSA) is 61.9 Å². The highest BCUT2D eigenvalue weighted by atomic mass is 79.9. The molecule has 0 aliphatic carbocycles. The van der Waals surface area contributed by atoms with Gasteiger partial charge in [-0.25, -0.2) is 0 Å². The fourth-order valence-corrected chi connectivity index (χ4v) is 2.83. The van der Waals surface area contributed by atoms with Crippen LogP contribution in [0.15, 0.2) is 28.9 Å². The first kappa shape index (κ1) is 11.9. The van der Waals surface area contributed by atoms with E-state index in [4.69, 9.17) is 5.26 Å². The van der Waals surface area contributed by atoms with E-state index in [0.717, 1.165) is 15.9 Å². The van der Waals surface area contributed by atoms with Crippen LogP contribution in [0.2, 0.25) is 0 Å². The normalized spacial score (nSPS) is 13.5. The van der Waals surface area contributed by atoms with Crippen molar-refractivity contribution in [1.82, 2.24) is 9.78 Å². The first-order valence-electron chi connectivity index (χ1n) is 5.64. The molecule has 0 fully saturated rings. The molecule has 0 bridgehead atoms. The zero-order valence-corrected chi connectivity index (χ0v) is 11.7. The summed E-state index contributed by atoms with van der Waals surface area (Å²) in [5.74, 6) is 0.656. The number of halogens is 1. The number of benzene rings is 1. The van der Waals surface area contributed by atoms with E-state index in [1.54, 1.807) is 41.0 Å². The van der Waals surface area contributed by atoms with E-state index >= 15 is 0 Å². The number of aromatic nitrogens is 2. The van der Waals surface area contributed by atoms with Crippen LogP contribution in [0.3, 0.4) is 0 Å². The molecule has 19 heavy (non-hydrogen) atoms. The van der Waals surface area contributed by atoms with Gasteiger partial charge in [-0.3, -0.25) is 14.4 Å². The van der Waals surface area contributed by atoms with E-state index in [9.17, 15) is 4.79 Å². The van der Waals surface area contributed by atoms with Crippen molar-refractivity contribution in [2.75, 3.05) is 4.90 Å². The molecule has 0 saturated carbocycles. The van der Waals surface area contributed by atoms with Crippen molar-refractivity contribution in [3.8, 4) is 6.07 Å². The lowest BCUT2D eigenvalue weighted by molar-refractivity contribution is 0.0995. The number of rotatable bonds is 1. The Balaban J connectivity index is 2.07. The van der Waals surface area contributed by atoms with E-state index in [0.29, 0.717) is 17.7 Å². The van der Waals surface area contributed by atoms with Gasteiger partial charge in [0.1, 0.15) is 5.82 Å². The average Bonchev–Trinajstić information content (AvgIpc) is 2.90. The third-order valence-corrected chi connectivity index (χ3v) is 3.72. The van der Waals surface area contributed by atoms with Crippen LogP contribution < -0.4 is 4.90 Å². The molecule has 0 radical (unpaired) electrons. The lowest BCUT2D eigenvalue weighted by Crippen LogP contribution is -2.25. The van der Waals surface area contributed by atoms with Crippen molar-refractivity contribution in [2.45, 2.75) is 6.54 Å². The van der Waals surface area contributed by atoms with Gasteiger partial charge in [-0.05, 0) is 39.7 Å². The summed E-state index contributed by atoms with van der Waals surface area (Å²) in [4.78, 5) is 14.0. The number of hydrogen-bond donors (Lipinski definition) is 0. The van der Waals surface area contributed by atoms with Gasteiger partial charge in [0.25, 0.3) is 5.91 Å². The van der Waals surface area contributed by atoms with Crippen molar-refractivity contribution >= 4 is 27.7 Å². The Morgan fingerprint density at radius 1 is 1.47 bits per heavy atom. The molecule has 0 unspecified atom stereocenters. The Kier molecular flexibility index (Phi) is 2.64. The number of fused-ring (bicyclic) bond motifs is 1. The van der Waals surface area contributed by atoms with Crippen LogP contribution in [0.1, 0.15) is 21.5 Å². The third-order valence-electron chi connectivity index (χ3n) is 3.16. The summed E-state index contributed by atoms with van der Waals surface area (Å²) >= 11 is 3.40. The zero-order valence-electron chi connectivity index (χ0n) is 10.1. The Bertz CT molecular complexity index is 709. The largest absolute Gasteiger partial charge is 0.287 e. The maximum atomic E-state index is 12.4. The molecule has 0 atom stereocenters. The molecule has 1 aromatic heterocycles. The number of amides is 1. The van der Waals surface area contributed by atoms with Crippen LogP contribution in [0.4, 0.5) is 5.82 Å². The minimum atomic E-state index is -0.0659. The van der Waals surface area contributed by atoms with Gasteiger partial charge < -0.3 is 0 Å². The van der Waals surface area contributed by atoms with Gasteiger partial charge in [0, 0.05) is 12.6 Å². The number of hydrogen-bond acceptors (Lipinski definition) is 3. The number of carbonyl (C=O) groups excluding carboxylic acids is 1.